The van der Waals surface area contributed by atoms with Crippen LogP contribution in [-0.4, -0.2) is 22.3 Å². The van der Waals surface area contributed by atoms with Crippen molar-refractivity contribution in [3.05, 3.63) is 47.2 Å². The normalized spacial score (nSPS) is 30.5. The molecule has 28 heavy (non-hydrogen) atoms. The molecule has 4 aliphatic carbocycles. The Kier molecular flexibility index (Phi) is 4.41. The van der Waals surface area contributed by atoms with E-state index in [1.54, 1.807) is 4.68 Å². The van der Waals surface area contributed by atoms with E-state index >= 15 is 0 Å². The lowest BCUT2D eigenvalue weighted by Gasteiger charge is -2.54. The molecular formula is C23H29N3O2. The van der Waals surface area contributed by atoms with Crippen molar-refractivity contribution in [2.45, 2.75) is 44.4 Å². The SMILES string of the molecule is Cn1nc(C2C3CC4CC(C3)CC2C4)c(C(N)=O)c1OCCc1ccccc1. The van der Waals surface area contributed by atoms with Gasteiger partial charge in [0.2, 0.25) is 5.88 Å². The Labute approximate surface area is 166 Å². The molecule has 0 aliphatic heterocycles. The Morgan fingerprint density at radius 2 is 1.75 bits per heavy atom. The fourth-order valence-corrected chi connectivity index (χ4v) is 6.44. The maximum Gasteiger partial charge on any atom is 0.256 e. The smallest absolute Gasteiger partial charge is 0.256 e. The molecule has 1 aromatic heterocycles. The topological polar surface area (TPSA) is 70.1 Å². The number of carbonyl (C=O) groups excluding carboxylic acids is 1. The first kappa shape index (κ1) is 17.8. The number of aryl methyl sites for hydroxylation is 1. The number of ether oxygens (including phenoxy) is 1. The highest BCUT2D eigenvalue weighted by Crippen LogP contribution is 2.60. The Morgan fingerprint density at radius 3 is 2.36 bits per heavy atom. The highest BCUT2D eigenvalue weighted by molar-refractivity contribution is 5.96. The number of amides is 1. The fourth-order valence-electron chi connectivity index (χ4n) is 6.44. The summed E-state index contributed by atoms with van der Waals surface area (Å²) in [4.78, 5) is 12.4. The first-order chi connectivity index (χ1) is 13.6. The summed E-state index contributed by atoms with van der Waals surface area (Å²) in [5.41, 5.74) is 8.47. The molecule has 1 heterocycles. The summed E-state index contributed by atoms with van der Waals surface area (Å²) < 4.78 is 7.78. The van der Waals surface area contributed by atoms with E-state index in [0.29, 0.717) is 35.8 Å². The van der Waals surface area contributed by atoms with Crippen molar-refractivity contribution in [2.24, 2.45) is 36.5 Å². The molecule has 0 atom stereocenters. The summed E-state index contributed by atoms with van der Waals surface area (Å²) in [6.07, 6.45) is 7.36. The average Bonchev–Trinajstić information content (AvgIpc) is 2.98. The number of nitrogens with two attached hydrogens (primary N) is 1. The molecule has 1 amide bonds. The molecule has 4 bridgehead atoms. The Morgan fingerprint density at radius 1 is 1.11 bits per heavy atom. The molecule has 0 spiro atoms. The molecule has 6 rings (SSSR count). The van der Waals surface area contributed by atoms with Gasteiger partial charge in [-0.25, -0.2) is 4.68 Å². The summed E-state index contributed by atoms with van der Waals surface area (Å²) in [5.74, 6) is 3.58. The van der Waals surface area contributed by atoms with E-state index in [2.05, 4.69) is 12.1 Å². The van der Waals surface area contributed by atoms with Crippen molar-refractivity contribution in [1.82, 2.24) is 9.78 Å². The average molecular weight is 380 g/mol. The number of hydrogen-bond acceptors (Lipinski definition) is 3. The van der Waals surface area contributed by atoms with Crippen LogP contribution in [0.25, 0.3) is 0 Å². The van der Waals surface area contributed by atoms with Gasteiger partial charge in [-0.1, -0.05) is 30.3 Å². The molecule has 1 aromatic carbocycles. The van der Waals surface area contributed by atoms with E-state index in [0.717, 1.165) is 24.0 Å². The minimum Gasteiger partial charge on any atom is -0.477 e. The van der Waals surface area contributed by atoms with Crippen molar-refractivity contribution in [3.8, 4) is 5.88 Å². The van der Waals surface area contributed by atoms with Gasteiger partial charge >= 0.3 is 0 Å². The van der Waals surface area contributed by atoms with Gasteiger partial charge in [-0.2, -0.15) is 5.10 Å². The minimum absolute atomic E-state index is 0.368. The summed E-state index contributed by atoms with van der Waals surface area (Å²) >= 11 is 0. The molecule has 5 nitrogen and oxygen atoms in total. The zero-order valence-corrected chi connectivity index (χ0v) is 16.5. The molecule has 148 valence electrons. The summed E-state index contributed by atoms with van der Waals surface area (Å²) in [6, 6.07) is 10.2. The third-order valence-electron chi connectivity index (χ3n) is 7.28. The Bertz CT molecular complexity index is 845. The van der Waals surface area contributed by atoms with Crippen LogP contribution in [0, 0.1) is 23.7 Å². The first-order valence-electron chi connectivity index (χ1n) is 10.6. The van der Waals surface area contributed by atoms with Gasteiger partial charge in [-0.05, 0) is 61.3 Å². The third kappa shape index (κ3) is 3.01. The van der Waals surface area contributed by atoms with Crippen molar-refractivity contribution < 1.29 is 9.53 Å². The largest absolute Gasteiger partial charge is 0.477 e. The molecule has 2 N–H and O–H groups in total. The van der Waals surface area contributed by atoms with E-state index in [4.69, 9.17) is 15.6 Å². The van der Waals surface area contributed by atoms with Crippen LogP contribution in [0.15, 0.2) is 30.3 Å². The number of primary amides is 1. The number of rotatable bonds is 6. The van der Waals surface area contributed by atoms with Gasteiger partial charge in [-0.3, -0.25) is 4.79 Å². The van der Waals surface area contributed by atoms with Gasteiger partial charge in [0.25, 0.3) is 5.91 Å². The number of aromatic nitrogens is 2. The van der Waals surface area contributed by atoms with Gasteiger partial charge in [0, 0.05) is 19.4 Å². The fraction of sp³-hybridized carbons (Fsp3) is 0.565. The lowest BCUT2D eigenvalue weighted by atomic mass is 9.51. The molecule has 4 aliphatic rings. The van der Waals surface area contributed by atoms with Gasteiger partial charge in [-0.15, -0.1) is 0 Å². The molecule has 2 aromatic rings. The van der Waals surface area contributed by atoms with Crippen molar-refractivity contribution in [3.63, 3.8) is 0 Å². The van der Waals surface area contributed by atoms with Crippen molar-refractivity contribution in [2.75, 3.05) is 6.61 Å². The van der Waals surface area contributed by atoms with Gasteiger partial charge in [0.05, 0.1) is 12.3 Å². The van der Waals surface area contributed by atoms with Crippen LogP contribution in [0.2, 0.25) is 0 Å². The second kappa shape index (κ2) is 6.94. The molecule has 4 fully saturated rings. The van der Waals surface area contributed by atoms with Crippen molar-refractivity contribution >= 4 is 5.91 Å². The molecule has 5 heteroatoms. The van der Waals surface area contributed by atoms with Crippen LogP contribution < -0.4 is 10.5 Å². The van der Waals surface area contributed by atoms with Crippen LogP contribution >= 0.6 is 0 Å². The quantitative estimate of drug-likeness (QED) is 0.832. The lowest BCUT2D eigenvalue weighted by molar-refractivity contribution is -0.00449. The zero-order chi connectivity index (χ0) is 19.3. The van der Waals surface area contributed by atoms with Gasteiger partial charge in [0.15, 0.2) is 0 Å². The van der Waals surface area contributed by atoms with E-state index < -0.39 is 5.91 Å². The van der Waals surface area contributed by atoms with Crippen LogP contribution in [0.3, 0.4) is 0 Å². The second-order valence-electron chi connectivity index (χ2n) is 9.09. The Balaban J connectivity index is 1.40. The Hall–Kier alpha value is -2.30. The number of carbonyl (C=O) groups is 1. The van der Waals surface area contributed by atoms with Crippen molar-refractivity contribution in [1.29, 1.82) is 0 Å². The summed E-state index contributed by atoms with van der Waals surface area (Å²) in [5, 5.41) is 4.79. The molecule has 4 saturated carbocycles. The van der Waals surface area contributed by atoms with Crippen LogP contribution in [0.5, 0.6) is 5.88 Å². The van der Waals surface area contributed by atoms with Crippen LogP contribution in [0.1, 0.15) is 59.6 Å². The molecular weight excluding hydrogens is 350 g/mol. The molecule has 0 radical (unpaired) electrons. The van der Waals surface area contributed by atoms with Gasteiger partial charge in [0.1, 0.15) is 5.56 Å². The predicted molar refractivity (Wildman–Crippen MR) is 107 cm³/mol. The summed E-state index contributed by atoms with van der Waals surface area (Å²) in [7, 11) is 1.86. The predicted octanol–water partition coefficient (Wildman–Crippen LogP) is 3.68. The standard InChI is InChI=1S/C23H29N3O2/c1-26-23(28-8-7-14-5-3-2-4-6-14)20(22(24)27)21(25-26)19-17-10-15-9-16(12-17)13-18(19)11-15/h2-6,15-19H,7-13H2,1H3,(H2,24,27). The zero-order valence-electron chi connectivity index (χ0n) is 16.5. The number of benzene rings is 1. The highest BCUT2D eigenvalue weighted by Gasteiger charge is 2.50. The van der Waals surface area contributed by atoms with Gasteiger partial charge < -0.3 is 10.5 Å². The molecule has 0 saturated heterocycles. The summed E-state index contributed by atoms with van der Waals surface area (Å²) in [6.45, 7) is 0.505. The van der Waals surface area contributed by atoms with E-state index in [9.17, 15) is 4.79 Å². The van der Waals surface area contributed by atoms with E-state index in [-0.39, 0.29) is 0 Å². The minimum atomic E-state index is -0.411. The van der Waals surface area contributed by atoms with E-state index in [1.807, 2.05) is 25.2 Å². The third-order valence-corrected chi connectivity index (χ3v) is 7.28. The van der Waals surface area contributed by atoms with Crippen LogP contribution in [-0.2, 0) is 13.5 Å². The van der Waals surface area contributed by atoms with E-state index in [1.165, 1.54) is 37.7 Å². The number of hydrogen-bond donors (Lipinski definition) is 1. The lowest BCUT2D eigenvalue weighted by Crippen LogP contribution is -2.44. The maximum atomic E-state index is 12.4. The highest BCUT2D eigenvalue weighted by atomic mass is 16.5. The number of nitrogens with zero attached hydrogens (tertiary/aromatic N) is 2. The monoisotopic (exact) mass is 379 g/mol. The molecule has 0 unspecified atom stereocenters. The second-order valence-corrected chi connectivity index (χ2v) is 9.09. The first-order valence-corrected chi connectivity index (χ1v) is 10.6. The maximum absolute atomic E-state index is 12.4. The van der Waals surface area contributed by atoms with Crippen LogP contribution in [0.4, 0.5) is 0 Å².